The van der Waals surface area contributed by atoms with E-state index in [9.17, 15) is 4.39 Å². The van der Waals surface area contributed by atoms with Gasteiger partial charge in [0.2, 0.25) is 0 Å². The van der Waals surface area contributed by atoms with E-state index in [1.807, 2.05) is 19.2 Å². The van der Waals surface area contributed by atoms with Gasteiger partial charge >= 0.3 is 0 Å². The Morgan fingerprint density at radius 2 is 2.00 bits per heavy atom. The third-order valence-electron chi connectivity index (χ3n) is 4.30. The lowest BCUT2D eigenvalue weighted by Crippen LogP contribution is -2.36. The maximum Gasteiger partial charge on any atom is 0.123 e. The molecule has 0 spiro atoms. The predicted octanol–water partition coefficient (Wildman–Crippen LogP) is 3.60. The van der Waals surface area contributed by atoms with Crippen molar-refractivity contribution in [1.29, 1.82) is 0 Å². The number of hydrogen-bond donors (Lipinski definition) is 1. The minimum absolute atomic E-state index is 0.144. The molecule has 0 radical (unpaired) electrons. The van der Waals surface area contributed by atoms with Gasteiger partial charge in [0.15, 0.2) is 0 Å². The normalized spacial score (nSPS) is 24.6. The largest absolute Gasteiger partial charge is 0.319 e. The Hall–Kier alpha value is -0.930. The van der Waals surface area contributed by atoms with Crippen LogP contribution in [0.4, 0.5) is 4.39 Å². The van der Waals surface area contributed by atoms with Gasteiger partial charge in [-0.3, -0.25) is 4.90 Å². The molecule has 1 saturated heterocycles. The van der Waals surface area contributed by atoms with Crippen molar-refractivity contribution in [1.82, 2.24) is 10.2 Å². The molecule has 1 aromatic rings. The molecule has 1 fully saturated rings. The fourth-order valence-corrected chi connectivity index (χ4v) is 3.47. The summed E-state index contributed by atoms with van der Waals surface area (Å²) in [5.41, 5.74) is 1.27. The third kappa shape index (κ3) is 3.80. The molecule has 0 aliphatic carbocycles. The summed E-state index contributed by atoms with van der Waals surface area (Å²) >= 11 is 0. The number of nitrogens with one attached hydrogen (secondary N) is 1. The molecule has 1 aliphatic rings. The second-order valence-corrected chi connectivity index (χ2v) is 5.85. The smallest absolute Gasteiger partial charge is 0.123 e. The van der Waals surface area contributed by atoms with E-state index in [1.165, 1.54) is 31.2 Å². The minimum Gasteiger partial charge on any atom is -0.319 e. The SMILES string of the molecule is CCCN1CCCCC(CNC)C1c1ccc(F)cc1. The maximum absolute atomic E-state index is 13.2. The first-order valence-corrected chi connectivity index (χ1v) is 7.90. The zero-order valence-corrected chi connectivity index (χ0v) is 12.7. The Kier molecular flexibility index (Phi) is 5.99. The van der Waals surface area contributed by atoms with Gasteiger partial charge in [0, 0.05) is 6.04 Å². The van der Waals surface area contributed by atoms with Crippen LogP contribution in [0.25, 0.3) is 0 Å². The molecular weight excluding hydrogens is 251 g/mol. The fraction of sp³-hybridized carbons (Fsp3) is 0.647. The summed E-state index contributed by atoms with van der Waals surface area (Å²) in [4.78, 5) is 2.60. The first kappa shape index (κ1) is 15.5. The van der Waals surface area contributed by atoms with E-state index in [2.05, 4.69) is 17.1 Å². The number of rotatable bonds is 5. The van der Waals surface area contributed by atoms with Crippen molar-refractivity contribution in [3.05, 3.63) is 35.6 Å². The number of hydrogen-bond acceptors (Lipinski definition) is 2. The minimum atomic E-state index is -0.144. The van der Waals surface area contributed by atoms with Gasteiger partial charge in [-0.15, -0.1) is 0 Å². The molecule has 0 aromatic heterocycles. The molecule has 0 bridgehead atoms. The van der Waals surface area contributed by atoms with Crippen LogP contribution in [0.2, 0.25) is 0 Å². The molecular formula is C17H27FN2. The van der Waals surface area contributed by atoms with Crippen LogP contribution in [0.3, 0.4) is 0 Å². The van der Waals surface area contributed by atoms with Crippen molar-refractivity contribution >= 4 is 0 Å². The van der Waals surface area contributed by atoms with E-state index in [0.29, 0.717) is 12.0 Å². The molecule has 2 nitrogen and oxygen atoms in total. The lowest BCUT2D eigenvalue weighted by molar-refractivity contribution is 0.154. The van der Waals surface area contributed by atoms with Crippen molar-refractivity contribution in [2.24, 2.45) is 5.92 Å². The molecule has 2 atom stereocenters. The highest BCUT2D eigenvalue weighted by molar-refractivity contribution is 5.21. The highest BCUT2D eigenvalue weighted by Crippen LogP contribution is 2.35. The van der Waals surface area contributed by atoms with Crippen molar-refractivity contribution in [2.45, 2.75) is 38.6 Å². The van der Waals surface area contributed by atoms with Crippen LogP contribution in [-0.2, 0) is 0 Å². The van der Waals surface area contributed by atoms with Gasteiger partial charge in [0.25, 0.3) is 0 Å². The van der Waals surface area contributed by atoms with Gasteiger partial charge in [-0.2, -0.15) is 0 Å². The van der Waals surface area contributed by atoms with Crippen molar-refractivity contribution < 1.29 is 4.39 Å². The summed E-state index contributed by atoms with van der Waals surface area (Å²) < 4.78 is 13.2. The molecule has 3 heteroatoms. The monoisotopic (exact) mass is 278 g/mol. The number of benzene rings is 1. The summed E-state index contributed by atoms with van der Waals surface area (Å²) in [5, 5.41) is 3.34. The molecule has 2 unspecified atom stereocenters. The van der Waals surface area contributed by atoms with E-state index in [0.717, 1.165) is 19.6 Å². The molecule has 1 heterocycles. The van der Waals surface area contributed by atoms with Gasteiger partial charge in [-0.05, 0) is 69.6 Å². The van der Waals surface area contributed by atoms with E-state index < -0.39 is 0 Å². The Bertz CT molecular complexity index is 374. The van der Waals surface area contributed by atoms with Crippen molar-refractivity contribution in [3.63, 3.8) is 0 Å². The third-order valence-corrected chi connectivity index (χ3v) is 4.30. The maximum atomic E-state index is 13.2. The van der Waals surface area contributed by atoms with Crippen LogP contribution in [0.5, 0.6) is 0 Å². The van der Waals surface area contributed by atoms with Crippen LogP contribution in [0.15, 0.2) is 24.3 Å². The fourth-order valence-electron chi connectivity index (χ4n) is 3.47. The lowest BCUT2D eigenvalue weighted by atomic mass is 9.89. The highest BCUT2D eigenvalue weighted by Gasteiger charge is 2.30. The zero-order chi connectivity index (χ0) is 14.4. The molecule has 1 aliphatic heterocycles. The number of likely N-dealkylation sites (tertiary alicyclic amines) is 1. The zero-order valence-electron chi connectivity index (χ0n) is 12.7. The second kappa shape index (κ2) is 7.75. The molecule has 20 heavy (non-hydrogen) atoms. The average Bonchev–Trinajstić information content (AvgIpc) is 2.64. The topological polar surface area (TPSA) is 15.3 Å². The Morgan fingerprint density at radius 1 is 1.25 bits per heavy atom. The lowest BCUT2D eigenvalue weighted by Gasteiger charge is -2.35. The molecule has 0 saturated carbocycles. The van der Waals surface area contributed by atoms with Gasteiger partial charge in [-0.1, -0.05) is 25.5 Å². The molecule has 2 rings (SSSR count). The van der Waals surface area contributed by atoms with E-state index >= 15 is 0 Å². The van der Waals surface area contributed by atoms with Crippen LogP contribution in [0, 0.1) is 11.7 Å². The predicted molar refractivity (Wildman–Crippen MR) is 82.3 cm³/mol. The number of halogens is 1. The summed E-state index contributed by atoms with van der Waals surface area (Å²) in [6.45, 7) is 5.56. The highest BCUT2D eigenvalue weighted by atomic mass is 19.1. The van der Waals surface area contributed by atoms with Crippen LogP contribution in [0.1, 0.15) is 44.2 Å². The number of nitrogens with zero attached hydrogens (tertiary/aromatic N) is 1. The molecule has 1 aromatic carbocycles. The van der Waals surface area contributed by atoms with Gasteiger partial charge in [0.1, 0.15) is 5.82 Å². The molecule has 112 valence electrons. The summed E-state index contributed by atoms with van der Waals surface area (Å²) in [7, 11) is 2.02. The van der Waals surface area contributed by atoms with Crippen LogP contribution in [-0.4, -0.2) is 31.6 Å². The summed E-state index contributed by atoms with van der Waals surface area (Å²) in [5.74, 6) is 0.467. The van der Waals surface area contributed by atoms with Crippen LogP contribution < -0.4 is 5.32 Å². The van der Waals surface area contributed by atoms with E-state index in [4.69, 9.17) is 0 Å². The van der Waals surface area contributed by atoms with Gasteiger partial charge in [0.05, 0.1) is 0 Å². The Morgan fingerprint density at radius 3 is 2.65 bits per heavy atom. The van der Waals surface area contributed by atoms with Crippen LogP contribution >= 0.6 is 0 Å². The molecule has 0 amide bonds. The van der Waals surface area contributed by atoms with Gasteiger partial charge < -0.3 is 5.32 Å². The standard InChI is InChI=1S/C17H27FN2/c1-3-11-20-12-5-4-6-15(13-19-2)17(20)14-7-9-16(18)10-8-14/h7-10,15,17,19H,3-6,11-13H2,1-2H3. The second-order valence-electron chi connectivity index (χ2n) is 5.85. The summed E-state index contributed by atoms with van der Waals surface area (Å²) in [6, 6.07) is 7.56. The Balaban J connectivity index is 2.28. The van der Waals surface area contributed by atoms with E-state index in [-0.39, 0.29) is 5.82 Å². The first-order chi connectivity index (χ1) is 9.76. The quantitative estimate of drug-likeness (QED) is 0.885. The molecule has 1 N–H and O–H groups in total. The van der Waals surface area contributed by atoms with E-state index in [1.54, 1.807) is 12.1 Å². The van der Waals surface area contributed by atoms with Crippen molar-refractivity contribution in [2.75, 3.05) is 26.7 Å². The Labute approximate surface area is 122 Å². The summed E-state index contributed by atoms with van der Waals surface area (Å²) in [6.07, 6.45) is 5.00. The van der Waals surface area contributed by atoms with Gasteiger partial charge in [-0.25, -0.2) is 4.39 Å². The average molecular weight is 278 g/mol. The van der Waals surface area contributed by atoms with Crippen molar-refractivity contribution in [3.8, 4) is 0 Å². The first-order valence-electron chi connectivity index (χ1n) is 7.90.